The van der Waals surface area contributed by atoms with Gasteiger partial charge in [-0.2, -0.15) is 0 Å². The Balaban J connectivity index is 3.52. The summed E-state index contributed by atoms with van der Waals surface area (Å²) in [6, 6.07) is 0. The fraction of sp³-hybridized carbons (Fsp3) is 0.846. The number of rotatable bonds is 13. The molecule has 0 saturated carbocycles. The monoisotopic (exact) mass is 292 g/mol. The van der Waals surface area contributed by atoms with Gasteiger partial charge in [-0.3, -0.25) is 9.59 Å². The maximum Gasteiger partial charge on any atom is 0.305 e. The fourth-order valence-corrected chi connectivity index (χ4v) is 1.17. The Labute approximate surface area is 119 Å². The van der Waals surface area contributed by atoms with E-state index >= 15 is 0 Å². The first-order chi connectivity index (χ1) is 9.61. The summed E-state index contributed by atoms with van der Waals surface area (Å²) in [6.45, 7) is 2.83. The summed E-state index contributed by atoms with van der Waals surface area (Å²) in [5.41, 5.74) is 0. The number of esters is 1. The molecule has 0 aromatic heterocycles. The van der Waals surface area contributed by atoms with Gasteiger partial charge in [0, 0.05) is 13.5 Å². The van der Waals surface area contributed by atoms with E-state index in [4.69, 9.17) is 18.9 Å². The lowest BCUT2D eigenvalue weighted by Gasteiger charge is -2.10. The Hall–Kier alpha value is -1.02. The predicted octanol–water partition coefficient (Wildman–Crippen LogP) is -0.0607. The van der Waals surface area contributed by atoms with Crippen LogP contribution in [-0.2, 0) is 28.5 Å². The number of Topliss-reactive ketones (excluding diaryl/α,β-unsaturated/α-hetero) is 1. The van der Waals surface area contributed by atoms with Gasteiger partial charge in [-0.25, -0.2) is 0 Å². The van der Waals surface area contributed by atoms with Crippen LogP contribution in [0.1, 0.15) is 19.8 Å². The first kappa shape index (κ1) is 19.0. The van der Waals surface area contributed by atoms with E-state index in [0.29, 0.717) is 26.2 Å². The Kier molecular flexibility index (Phi) is 12.3. The predicted molar refractivity (Wildman–Crippen MR) is 70.4 cm³/mol. The van der Waals surface area contributed by atoms with Gasteiger partial charge in [-0.05, 0) is 6.42 Å². The highest BCUT2D eigenvalue weighted by atomic mass is 16.5. The van der Waals surface area contributed by atoms with E-state index in [0.717, 1.165) is 0 Å². The molecule has 0 saturated heterocycles. The number of ether oxygens (including phenoxy) is 4. The summed E-state index contributed by atoms with van der Waals surface area (Å²) in [5, 5.41) is 9.45. The zero-order chi connectivity index (χ0) is 15.2. The molecule has 1 unspecified atom stereocenters. The van der Waals surface area contributed by atoms with Crippen LogP contribution in [-0.4, -0.2) is 69.7 Å². The number of carbonyl (C=O) groups is 2. The molecule has 0 aromatic rings. The van der Waals surface area contributed by atoms with E-state index in [-0.39, 0.29) is 26.2 Å². The summed E-state index contributed by atoms with van der Waals surface area (Å²) >= 11 is 0. The van der Waals surface area contributed by atoms with E-state index < -0.39 is 17.9 Å². The second kappa shape index (κ2) is 13.0. The van der Waals surface area contributed by atoms with E-state index in [1.165, 1.54) is 0 Å². The number of methoxy groups -OCH3 is 1. The molecule has 0 spiro atoms. The molecule has 0 aliphatic heterocycles. The zero-order valence-corrected chi connectivity index (χ0v) is 12.1. The molecule has 0 aliphatic rings. The van der Waals surface area contributed by atoms with Crippen molar-refractivity contribution in [3.05, 3.63) is 0 Å². The normalized spacial score (nSPS) is 12.2. The van der Waals surface area contributed by atoms with Gasteiger partial charge < -0.3 is 24.1 Å². The molecule has 7 heteroatoms. The van der Waals surface area contributed by atoms with Crippen LogP contribution >= 0.6 is 0 Å². The van der Waals surface area contributed by atoms with Crippen molar-refractivity contribution >= 4 is 11.8 Å². The van der Waals surface area contributed by atoms with Crippen molar-refractivity contribution in [1.82, 2.24) is 0 Å². The van der Waals surface area contributed by atoms with Gasteiger partial charge in [0.1, 0.15) is 19.3 Å². The Morgan fingerprint density at radius 3 is 2.40 bits per heavy atom. The standard InChI is InChI=1S/C13H24O7/c1-3-4-13(16)20-10-12(15)11(14)9-19-8-7-18-6-5-17-2/h12,15H,3-10H2,1-2H3. The minimum Gasteiger partial charge on any atom is -0.462 e. The Bertz CT molecular complexity index is 267. The van der Waals surface area contributed by atoms with E-state index in [2.05, 4.69) is 0 Å². The highest BCUT2D eigenvalue weighted by Crippen LogP contribution is 1.95. The van der Waals surface area contributed by atoms with Crippen LogP contribution in [0.2, 0.25) is 0 Å². The van der Waals surface area contributed by atoms with Crippen LogP contribution in [0.5, 0.6) is 0 Å². The molecule has 0 aromatic carbocycles. The number of aliphatic hydroxyl groups is 1. The van der Waals surface area contributed by atoms with Crippen molar-refractivity contribution in [3.8, 4) is 0 Å². The van der Waals surface area contributed by atoms with Crippen molar-refractivity contribution in [2.75, 3.05) is 46.8 Å². The van der Waals surface area contributed by atoms with Crippen molar-refractivity contribution in [3.63, 3.8) is 0 Å². The molecule has 20 heavy (non-hydrogen) atoms. The molecule has 0 fully saturated rings. The smallest absolute Gasteiger partial charge is 0.305 e. The van der Waals surface area contributed by atoms with Gasteiger partial charge in [0.2, 0.25) is 0 Å². The second-order valence-corrected chi connectivity index (χ2v) is 4.07. The summed E-state index contributed by atoms with van der Waals surface area (Å²) in [4.78, 5) is 22.5. The maximum atomic E-state index is 11.4. The maximum absolute atomic E-state index is 11.4. The quantitative estimate of drug-likeness (QED) is 0.375. The van der Waals surface area contributed by atoms with Crippen LogP contribution in [0.25, 0.3) is 0 Å². The Morgan fingerprint density at radius 2 is 1.75 bits per heavy atom. The Morgan fingerprint density at radius 1 is 1.10 bits per heavy atom. The second-order valence-electron chi connectivity index (χ2n) is 4.07. The molecule has 0 heterocycles. The summed E-state index contributed by atoms with van der Waals surface area (Å²) < 4.78 is 19.7. The average molecular weight is 292 g/mol. The molecule has 0 bridgehead atoms. The van der Waals surface area contributed by atoms with Crippen LogP contribution in [0.15, 0.2) is 0 Å². The molecule has 0 rings (SSSR count). The first-order valence-corrected chi connectivity index (χ1v) is 6.62. The SMILES string of the molecule is CCCC(=O)OCC(O)C(=O)COCCOCCOC. The molecule has 1 atom stereocenters. The summed E-state index contributed by atoms with van der Waals surface area (Å²) in [5.74, 6) is -0.946. The van der Waals surface area contributed by atoms with Crippen molar-refractivity contribution < 1.29 is 33.6 Å². The zero-order valence-electron chi connectivity index (χ0n) is 12.1. The van der Waals surface area contributed by atoms with Crippen LogP contribution in [0.4, 0.5) is 0 Å². The number of hydrogen-bond acceptors (Lipinski definition) is 7. The molecule has 118 valence electrons. The number of carbonyl (C=O) groups excluding carboxylic acids is 2. The molecule has 1 N–H and O–H groups in total. The van der Waals surface area contributed by atoms with Crippen molar-refractivity contribution in [1.29, 1.82) is 0 Å². The molecule has 0 radical (unpaired) electrons. The number of hydrogen-bond donors (Lipinski definition) is 1. The van der Waals surface area contributed by atoms with E-state index in [1.807, 2.05) is 6.92 Å². The molecular weight excluding hydrogens is 268 g/mol. The highest BCUT2D eigenvalue weighted by molar-refractivity contribution is 5.84. The van der Waals surface area contributed by atoms with Gasteiger partial charge in [0.25, 0.3) is 0 Å². The molecule has 7 nitrogen and oxygen atoms in total. The third kappa shape index (κ3) is 10.9. The largest absolute Gasteiger partial charge is 0.462 e. The average Bonchev–Trinajstić information content (AvgIpc) is 2.43. The third-order valence-corrected chi connectivity index (χ3v) is 2.28. The third-order valence-electron chi connectivity index (χ3n) is 2.28. The number of aliphatic hydroxyl groups excluding tert-OH is 1. The summed E-state index contributed by atoms with van der Waals surface area (Å²) in [6.07, 6.45) is -0.407. The van der Waals surface area contributed by atoms with Crippen molar-refractivity contribution in [2.45, 2.75) is 25.9 Å². The number of ketones is 1. The molecular formula is C13H24O7. The van der Waals surface area contributed by atoms with Crippen LogP contribution in [0, 0.1) is 0 Å². The first-order valence-electron chi connectivity index (χ1n) is 6.62. The topological polar surface area (TPSA) is 91.3 Å². The van der Waals surface area contributed by atoms with Crippen molar-refractivity contribution in [2.24, 2.45) is 0 Å². The minimum atomic E-state index is -1.34. The molecule has 0 aliphatic carbocycles. The van der Waals surface area contributed by atoms with Gasteiger partial charge in [-0.1, -0.05) is 6.92 Å². The van der Waals surface area contributed by atoms with Gasteiger partial charge in [0.15, 0.2) is 5.78 Å². The van der Waals surface area contributed by atoms with Crippen LogP contribution in [0.3, 0.4) is 0 Å². The van der Waals surface area contributed by atoms with Crippen LogP contribution < -0.4 is 0 Å². The summed E-state index contributed by atoms with van der Waals surface area (Å²) in [7, 11) is 1.58. The highest BCUT2D eigenvalue weighted by Gasteiger charge is 2.17. The van der Waals surface area contributed by atoms with Gasteiger partial charge in [0.05, 0.1) is 26.4 Å². The fourth-order valence-electron chi connectivity index (χ4n) is 1.17. The molecule has 0 amide bonds. The van der Waals surface area contributed by atoms with E-state index in [1.54, 1.807) is 7.11 Å². The minimum absolute atomic E-state index is 0.236. The lowest BCUT2D eigenvalue weighted by atomic mass is 10.2. The lowest BCUT2D eigenvalue weighted by Crippen LogP contribution is -2.31. The lowest BCUT2D eigenvalue weighted by molar-refractivity contribution is -0.150. The van der Waals surface area contributed by atoms with Gasteiger partial charge >= 0.3 is 5.97 Å². The van der Waals surface area contributed by atoms with E-state index in [9.17, 15) is 14.7 Å². The van der Waals surface area contributed by atoms with Gasteiger partial charge in [-0.15, -0.1) is 0 Å².